The van der Waals surface area contributed by atoms with E-state index >= 15 is 0 Å². The number of pyridine rings is 1. The van der Waals surface area contributed by atoms with E-state index in [1.165, 1.54) is 12.4 Å². The van der Waals surface area contributed by atoms with Crippen LogP contribution in [0.1, 0.15) is 29.6 Å². The molecule has 8 heteroatoms. The van der Waals surface area contributed by atoms with E-state index in [4.69, 9.17) is 4.74 Å². The Morgan fingerprint density at radius 2 is 2.04 bits per heavy atom. The molecule has 3 rings (SSSR count). The van der Waals surface area contributed by atoms with Crippen LogP contribution in [0.3, 0.4) is 0 Å². The van der Waals surface area contributed by atoms with E-state index in [0.29, 0.717) is 23.7 Å². The molecule has 2 N–H and O–H groups in total. The van der Waals surface area contributed by atoms with Gasteiger partial charge in [0.15, 0.2) is 0 Å². The molecule has 2 aromatic rings. The number of aliphatic hydroxyl groups excluding tert-OH is 1. The molecule has 1 aliphatic rings. The molecule has 0 saturated heterocycles. The Morgan fingerprint density at radius 1 is 1.27 bits per heavy atom. The molecule has 1 amide bonds. The summed E-state index contributed by atoms with van der Waals surface area (Å²) >= 11 is 0. The number of aromatic nitrogens is 3. The summed E-state index contributed by atoms with van der Waals surface area (Å²) in [6.07, 6.45) is 7.32. The van der Waals surface area contributed by atoms with Gasteiger partial charge in [-0.25, -0.2) is 9.97 Å². The number of carbonyl (C=O) groups excluding carboxylic acids is 1. The Kier molecular flexibility index (Phi) is 5.62. The first-order valence-electron chi connectivity index (χ1n) is 8.59. The SMILES string of the molecule is CN(C)c1ncc(C(=O)N[C@@H]2CCC[C@@H](Oc3cccnc3)[C@@H]2O)cn1. The lowest BCUT2D eigenvalue weighted by Crippen LogP contribution is -2.52. The highest BCUT2D eigenvalue weighted by atomic mass is 16.5. The maximum absolute atomic E-state index is 12.4. The number of aliphatic hydroxyl groups is 1. The minimum absolute atomic E-state index is 0.304. The molecule has 3 atom stereocenters. The zero-order valence-corrected chi connectivity index (χ0v) is 14.9. The Balaban J connectivity index is 1.62. The highest BCUT2D eigenvalue weighted by molar-refractivity contribution is 5.93. The van der Waals surface area contributed by atoms with Gasteiger partial charge in [-0.3, -0.25) is 9.78 Å². The van der Waals surface area contributed by atoms with Crippen molar-refractivity contribution in [2.24, 2.45) is 0 Å². The maximum Gasteiger partial charge on any atom is 0.254 e. The lowest BCUT2D eigenvalue weighted by atomic mass is 9.89. The maximum atomic E-state index is 12.4. The van der Waals surface area contributed by atoms with Gasteiger partial charge in [-0.2, -0.15) is 0 Å². The second-order valence-electron chi connectivity index (χ2n) is 6.51. The third-order valence-electron chi connectivity index (χ3n) is 4.34. The summed E-state index contributed by atoms with van der Waals surface area (Å²) in [5.41, 5.74) is 0.359. The van der Waals surface area contributed by atoms with E-state index < -0.39 is 6.10 Å². The van der Waals surface area contributed by atoms with Crippen molar-refractivity contribution in [3.63, 3.8) is 0 Å². The molecule has 1 aliphatic carbocycles. The zero-order chi connectivity index (χ0) is 18.5. The quantitative estimate of drug-likeness (QED) is 0.824. The fraction of sp³-hybridized carbons (Fsp3) is 0.444. The number of nitrogens with one attached hydrogen (secondary N) is 1. The van der Waals surface area contributed by atoms with E-state index in [-0.39, 0.29) is 18.1 Å². The summed E-state index contributed by atoms with van der Waals surface area (Å²) in [4.78, 5) is 26.5. The molecule has 1 fully saturated rings. The van der Waals surface area contributed by atoms with Crippen molar-refractivity contribution in [3.8, 4) is 5.75 Å². The number of hydrogen-bond donors (Lipinski definition) is 2. The van der Waals surface area contributed by atoms with Crippen molar-refractivity contribution in [2.75, 3.05) is 19.0 Å². The number of ether oxygens (including phenoxy) is 1. The van der Waals surface area contributed by atoms with E-state index in [2.05, 4.69) is 20.3 Å². The molecule has 0 unspecified atom stereocenters. The Bertz CT molecular complexity index is 723. The third kappa shape index (κ3) is 4.26. The van der Waals surface area contributed by atoms with Gasteiger partial charge >= 0.3 is 0 Å². The second kappa shape index (κ2) is 8.09. The van der Waals surface area contributed by atoms with Gasteiger partial charge in [-0.15, -0.1) is 0 Å². The van der Waals surface area contributed by atoms with Crippen LogP contribution in [0.15, 0.2) is 36.9 Å². The largest absolute Gasteiger partial charge is 0.486 e. The first-order valence-corrected chi connectivity index (χ1v) is 8.59. The van der Waals surface area contributed by atoms with E-state index in [1.54, 1.807) is 29.4 Å². The second-order valence-corrected chi connectivity index (χ2v) is 6.51. The van der Waals surface area contributed by atoms with Gasteiger partial charge in [0.2, 0.25) is 5.95 Å². The van der Waals surface area contributed by atoms with E-state index in [9.17, 15) is 9.90 Å². The molecule has 0 spiro atoms. The summed E-state index contributed by atoms with van der Waals surface area (Å²) in [6.45, 7) is 0. The monoisotopic (exact) mass is 357 g/mol. The zero-order valence-electron chi connectivity index (χ0n) is 14.9. The molecule has 0 radical (unpaired) electrons. The third-order valence-corrected chi connectivity index (χ3v) is 4.34. The standard InChI is InChI=1S/C18H23N5O3/c1-23(2)18-20-9-12(10-21-18)17(25)22-14-6-3-7-15(16(14)24)26-13-5-4-8-19-11-13/h4-5,8-11,14-16,24H,3,6-7H2,1-2H3,(H,22,25)/t14-,15-,16-/m1/s1. The Morgan fingerprint density at radius 3 is 2.69 bits per heavy atom. The molecule has 2 heterocycles. The predicted molar refractivity (Wildman–Crippen MR) is 96.1 cm³/mol. The minimum atomic E-state index is -0.796. The topological polar surface area (TPSA) is 100 Å². The molecular weight excluding hydrogens is 334 g/mol. The molecule has 2 aromatic heterocycles. The van der Waals surface area contributed by atoms with Crippen molar-refractivity contribution < 1.29 is 14.6 Å². The molecule has 8 nitrogen and oxygen atoms in total. The average Bonchev–Trinajstić information content (AvgIpc) is 2.66. The number of rotatable bonds is 5. The van der Waals surface area contributed by atoms with Gasteiger partial charge in [-0.05, 0) is 31.4 Å². The smallest absolute Gasteiger partial charge is 0.254 e. The number of anilines is 1. The lowest BCUT2D eigenvalue weighted by Gasteiger charge is -2.35. The van der Waals surface area contributed by atoms with Crippen molar-refractivity contribution in [1.29, 1.82) is 0 Å². The highest BCUT2D eigenvalue weighted by Gasteiger charge is 2.34. The van der Waals surface area contributed by atoms with Crippen molar-refractivity contribution >= 4 is 11.9 Å². The van der Waals surface area contributed by atoms with Gasteiger partial charge in [0.1, 0.15) is 18.0 Å². The van der Waals surface area contributed by atoms with E-state index in [0.717, 1.165) is 12.8 Å². The summed E-state index contributed by atoms with van der Waals surface area (Å²) < 4.78 is 5.83. The minimum Gasteiger partial charge on any atom is -0.486 e. The molecule has 138 valence electrons. The van der Waals surface area contributed by atoms with Crippen LogP contribution in [0.2, 0.25) is 0 Å². The number of amides is 1. The van der Waals surface area contributed by atoms with Gasteiger partial charge < -0.3 is 20.1 Å². The first kappa shape index (κ1) is 18.1. The molecular formula is C18H23N5O3. The van der Waals surface area contributed by atoms with Crippen molar-refractivity contribution in [3.05, 3.63) is 42.5 Å². The van der Waals surface area contributed by atoms with Crippen LogP contribution >= 0.6 is 0 Å². The van der Waals surface area contributed by atoms with Gasteiger partial charge in [0.05, 0.1) is 17.8 Å². The van der Waals surface area contributed by atoms with Gasteiger partial charge in [0, 0.05) is 32.7 Å². The van der Waals surface area contributed by atoms with Crippen LogP contribution in [0.25, 0.3) is 0 Å². The van der Waals surface area contributed by atoms with E-state index in [1.807, 2.05) is 14.1 Å². The Labute approximate surface area is 152 Å². The number of nitrogens with zero attached hydrogens (tertiary/aromatic N) is 4. The predicted octanol–water partition coefficient (Wildman–Crippen LogP) is 1.03. The molecule has 26 heavy (non-hydrogen) atoms. The lowest BCUT2D eigenvalue weighted by molar-refractivity contribution is -0.0142. The number of carbonyl (C=O) groups is 1. The van der Waals surface area contributed by atoms with Gasteiger partial charge in [-0.1, -0.05) is 0 Å². The van der Waals surface area contributed by atoms with Crippen LogP contribution < -0.4 is 15.0 Å². The van der Waals surface area contributed by atoms with Gasteiger partial charge in [0.25, 0.3) is 5.91 Å². The Hall–Kier alpha value is -2.74. The van der Waals surface area contributed by atoms with Crippen molar-refractivity contribution in [2.45, 2.75) is 37.5 Å². The highest BCUT2D eigenvalue weighted by Crippen LogP contribution is 2.24. The normalized spacial score (nSPS) is 22.5. The average molecular weight is 357 g/mol. The van der Waals surface area contributed by atoms with Crippen LogP contribution in [0.5, 0.6) is 5.75 Å². The number of hydrogen-bond acceptors (Lipinski definition) is 7. The summed E-state index contributed by atoms with van der Waals surface area (Å²) in [6, 6.07) is 3.19. The van der Waals surface area contributed by atoms with Crippen LogP contribution in [-0.2, 0) is 0 Å². The van der Waals surface area contributed by atoms with Crippen molar-refractivity contribution in [1.82, 2.24) is 20.3 Å². The van der Waals surface area contributed by atoms with Crippen LogP contribution in [0, 0.1) is 0 Å². The summed E-state index contributed by atoms with van der Waals surface area (Å²) in [5, 5.41) is 13.5. The summed E-state index contributed by atoms with van der Waals surface area (Å²) in [7, 11) is 3.66. The summed E-state index contributed by atoms with van der Waals surface area (Å²) in [5.74, 6) is 0.835. The van der Waals surface area contributed by atoms with Crippen LogP contribution in [0.4, 0.5) is 5.95 Å². The molecule has 0 bridgehead atoms. The molecule has 0 aromatic carbocycles. The first-order chi connectivity index (χ1) is 12.5. The fourth-order valence-corrected chi connectivity index (χ4v) is 2.94. The molecule has 1 saturated carbocycles. The fourth-order valence-electron chi connectivity index (χ4n) is 2.94. The van der Waals surface area contributed by atoms with Crippen LogP contribution in [-0.4, -0.2) is 58.3 Å². The molecule has 0 aliphatic heterocycles.